The van der Waals surface area contributed by atoms with E-state index in [4.69, 9.17) is 5.73 Å². The van der Waals surface area contributed by atoms with Gasteiger partial charge in [-0.15, -0.1) is 0 Å². The summed E-state index contributed by atoms with van der Waals surface area (Å²) in [7, 11) is 0. The monoisotopic (exact) mass is 281 g/mol. The third kappa shape index (κ3) is 3.21. The van der Waals surface area contributed by atoms with Crippen LogP contribution >= 0.6 is 15.9 Å². The average molecular weight is 282 g/mol. The van der Waals surface area contributed by atoms with E-state index in [1.165, 1.54) is 19.1 Å². The Kier molecular flexibility index (Phi) is 3.78. The normalized spacial score (nSPS) is 15.4. The SMILES string of the molecule is CC(N)(Cc1ccc(Br)c(F)c1)C(F)F. The molecule has 1 aromatic carbocycles. The standard InChI is InChI=1S/C10H11BrF3N/c1-10(15,9(13)14)5-6-2-3-7(11)8(12)4-6/h2-4,9H,5,15H2,1H3. The molecule has 1 atom stereocenters. The number of benzene rings is 1. The smallest absolute Gasteiger partial charge is 0.256 e. The van der Waals surface area contributed by atoms with E-state index in [1.54, 1.807) is 6.07 Å². The largest absolute Gasteiger partial charge is 0.320 e. The molecule has 0 saturated heterocycles. The van der Waals surface area contributed by atoms with E-state index in [-0.39, 0.29) is 6.42 Å². The Morgan fingerprint density at radius 2 is 2.07 bits per heavy atom. The fraction of sp³-hybridized carbons (Fsp3) is 0.400. The maximum Gasteiger partial charge on any atom is 0.256 e. The van der Waals surface area contributed by atoms with Crippen molar-refractivity contribution in [3.05, 3.63) is 34.1 Å². The van der Waals surface area contributed by atoms with Crippen molar-refractivity contribution in [2.45, 2.75) is 25.3 Å². The summed E-state index contributed by atoms with van der Waals surface area (Å²) in [6.07, 6.45) is -2.70. The molecule has 1 nitrogen and oxygen atoms in total. The first-order chi connectivity index (χ1) is 6.83. The van der Waals surface area contributed by atoms with Crippen molar-refractivity contribution >= 4 is 15.9 Å². The molecule has 0 aliphatic heterocycles. The fourth-order valence-electron chi connectivity index (χ4n) is 1.17. The second-order valence-electron chi connectivity index (χ2n) is 3.73. The Morgan fingerprint density at radius 1 is 1.47 bits per heavy atom. The van der Waals surface area contributed by atoms with Gasteiger partial charge in [-0.2, -0.15) is 0 Å². The summed E-state index contributed by atoms with van der Waals surface area (Å²) in [6.45, 7) is 1.25. The molecule has 1 rings (SSSR count). The van der Waals surface area contributed by atoms with Crippen LogP contribution < -0.4 is 5.73 Å². The van der Waals surface area contributed by atoms with Gasteiger partial charge in [-0.3, -0.25) is 0 Å². The molecule has 0 fully saturated rings. The zero-order chi connectivity index (χ0) is 11.6. The van der Waals surface area contributed by atoms with Crippen LogP contribution in [-0.2, 0) is 6.42 Å². The number of nitrogens with two attached hydrogens (primary N) is 1. The van der Waals surface area contributed by atoms with Crippen LogP contribution in [-0.4, -0.2) is 12.0 Å². The minimum atomic E-state index is -2.63. The molecular formula is C10H11BrF3N. The molecule has 0 aromatic heterocycles. The predicted molar refractivity (Wildman–Crippen MR) is 56.4 cm³/mol. The number of hydrogen-bond donors (Lipinski definition) is 1. The average Bonchev–Trinajstić information content (AvgIpc) is 2.10. The topological polar surface area (TPSA) is 26.0 Å². The fourth-order valence-corrected chi connectivity index (χ4v) is 1.41. The van der Waals surface area contributed by atoms with Crippen molar-refractivity contribution in [3.8, 4) is 0 Å². The van der Waals surface area contributed by atoms with Crippen molar-refractivity contribution < 1.29 is 13.2 Å². The van der Waals surface area contributed by atoms with Gasteiger partial charge in [0.05, 0.1) is 10.0 Å². The van der Waals surface area contributed by atoms with Crippen LogP contribution in [0.2, 0.25) is 0 Å². The van der Waals surface area contributed by atoms with Crippen LogP contribution in [0.4, 0.5) is 13.2 Å². The third-order valence-corrected chi connectivity index (χ3v) is 2.71. The highest BCUT2D eigenvalue weighted by atomic mass is 79.9. The van der Waals surface area contributed by atoms with E-state index < -0.39 is 17.8 Å². The summed E-state index contributed by atoms with van der Waals surface area (Å²) in [5.74, 6) is -0.474. The quantitative estimate of drug-likeness (QED) is 0.905. The third-order valence-electron chi connectivity index (χ3n) is 2.07. The van der Waals surface area contributed by atoms with Gasteiger partial charge in [0, 0.05) is 0 Å². The minimum absolute atomic E-state index is 0.0606. The summed E-state index contributed by atoms with van der Waals surface area (Å²) in [5.41, 5.74) is 4.23. The van der Waals surface area contributed by atoms with Crippen LogP contribution in [0.1, 0.15) is 12.5 Å². The summed E-state index contributed by atoms with van der Waals surface area (Å²) < 4.78 is 38.3. The van der Waals surface area contributed by atoms with Crippen molar-refractivity contribution in [1.29, 1.82) is 0 Å². The van der Waals surface area contributed by atoms with Crippen molar-refractivity contribution in [2.75, 3.05) is 0 Å². The molecule has 0 aliphatic rings. The highest BCUT2D eigenvalue weighted by molar-refractivity contribution is 9.10. The van der Waals surface area contributed by atoms with Crippen molar-refractivity contribution in [3.63, 3.8) is 0 Å². The molecule has 0 radical (unpaired) electrons. The molecule has 84 valence electrons. The second kappa shape index (κ2) is 4.53. The molecule has 1 aromatic rings. The molecular weight excluding hydrogens is 271 g/mol. The maximum absolute atomic E-state index is 13.1. The molecule has 0 amide bonds. The Bertz CT molecular complexity index is 353. The predicted octanol–water partition coefficient (Wildman–Crippen LogP) is 3.11. The van der Waals surface area contributed by atoms with Crippen molar-refractivity contribution in [1.82, 2.24) is 0 Å². The molecule has 1 unspecified atom stereocenters. The van der Waals surface area contributed by atoms with Gasteiger partial charge in [-0.05, 0) is 47.0 Å². The summed E-state index contributed by atoms with van der Waals surface area (Å²) in [5, 5.41) is 0. The zero-order valence-corrected chi connectivity index (χ0v) is 9.69. The Balaban J connectivity index is 2.86. The Hall–Kier alpha value is -0.550. The maximum atomic E-state index is 13.1. The Labute approximate surface area is 94.6 Å². The first-order valence-electron chi connectivity index (χ1n) is 4.34. The number of halogens is 4. The molecule has 2 N–H and O–H groups in total. The number of rotatable bonds is 3. The molecule has 15 heavy (non-hydrogen) atoms. The zero-order valence-electron chi connectivity index (χ0n) is 8.11. The lowest BCUT2D eigenvalue weighted by molar-refractivity contribution is 0.0639. The van der Waals surface area contributed by atoms with Gasteiger partial charge in [0.1, 0.15) is 5.82 Å². The number of hydrogen-bond acceptors (Lipinski definition) is 1. The summed E-state index contributed by atoms with van der Waals surface area (Å²) in [4.78, 5) is 0. The van der Waals surface area contributed by atoms with Gasteiger partial charge in [0.2, 0.25) is 0 Å². The first-order valence-corrected chi connectivity index (χ1v) is 5.13. The summed E-state index contributed by atoms with van der Waals surface area (Å²) in [6, 6.07) is 4.25. The van der Waals surface area contributed by atoms with E-state index in [2.05, 4.69) is 15.9 Å². The molecule has 0 spiro atoms. The molecule has 0 saturated carbocycles. The van der Waals surface area contributed by atoms with Gasteiger partial charge in [-0.1, -0.05) is 6.07 Å². The molecule has 0 aliphatic carbocycles. The van der Waals surface area contributed by atoms with E-state index in [9.17, 15) is 13.2 Å². The van der Waals surface area contributed by atoms with Gasteiger partial charge >= 0.3 is 0 Å². The van der Waals surface area contributed by atoms with E-state index in [1.807, 2.05) is 0 Å². The lowest BCUT2D eigenvalue weighted by atomic mass is 9.94. The molecule has 0 bridgehead atoms. The lowest BCUT2D eigenvalue weighted by Gasteiger charge is -2.23. The second-order valence-corrected chi connectivity index (χ2v) is 4.59. The van der Waals surface area contributed by atoms with Crippen LogP contribution in [0.5, 0.6) is 0 Å². The first kappa shape index (κ1) is 12.5. The lowest BCUT2D eigenvalue weighted by Crippen LogP contribution is -2.45. The van der Waals surface area contributed by atoms with Crippen LogP contribution in [0.15, 0.2) is 22.7 Å². The highest BCUT2D eigenvalue weighted by Crippen LogP contribution is 2.22. The van der Waals surface area contributed by atoms with Crippen LogP contribution in [0.25, 0.3) is 0 Å². The minimum Gasteiger partial charge on any atom is -0.320 e. The highest BCUT2D eigenvalue weighted by Gasteiger charge is 2.30. The summed E-state index contributed by atoms with van der Waals surface area (Å²) >= 11 is 2.98. The molecule has 5 heteroatoms. The van der Waals surface area contributed by atoms with Crippen molar-refractivity contribution in [2.24, 2.45) is 5.73 Å². The van der Waals surface area contributed by atoms with Crippen LogP contribution in [0.3, 0.4) is 0 Å². The van der Waals surface area contributed by atoms with Crippen LogP contribution in [0, 0.1) is 5.82 Å². The van der Waals surface area contributed by atoms with Gasteiger partial charge in [0.15, 0.2) is 0 Å². The van der Waals surface area contributed by atoms with Gasteiger partial charge in [0.25, 0.3) is 6.43 Å². The van der Waals surface area contributed by atoms with E-state index >= 15 is 0 Å². The van der Waals surface area contributed by atoms with Gasteiger partial charge in [-0.25, -0.2) is 13.2 Å². The molecule has 0 heterocycles. The van der Waals surface area contributed by atoms with E-state index in [0.29, 0.717) is 10.0 Å². The number of alkyl halides is 2. The van der Waals surface area contributed by atoms with E-state index in [0.717, 1.165) is 0 Å². The Morgan fingerprint density at radius 3 is 2.53 bits per heavy atom. The van der Waals surface area contributed by atoms with Gasteiger partial charge < -0.3 is 5.73 Å².